The minimum Gasteiger partial charge on any atom is -0.373 e. The Bertz CT molecular complexity index is 321. The molecule has 0 bridgehead atoms. The molecule has 0 aliphatic rings. The topological polar surface area (TPSA) is 60.2 Å². The summed E-state index contributed by atoms with van der Waals surface area (Å²) in [5, 5.41) is 7.21. The second-order valence-electron chi connectivity index (χ2n) is 4.54. The van der Waals surface area contributed by atoms with Gasteiger partial charge in [-0.05, 0) is 19.4 Å². The molecule has 17 heavy (non-hydrogen) atoms. The van der Waals surface area contributed by atoms with Crippen LogP contribution in [0, 0.1) is 5.92 Å². The van der Waals surface area contributed by atoms with Gasteiger partial charge in [0.05, 0.1) is 0 Å². The van der Waals surface area contributed by atoms with Crippen molar-refractivity contribution in [2.24, 2.45) is 5.92 Å². The molecule has 1 N–H and O–H groups in total. The standard InChI is InChI=1S/C12H23N3O2/c1-6-9(13-4)7-10-14-12(15-17-10)11(16-5)8(2)3/h8-9,11,13H,6-7H2,1-5H3. The van der Waals surface area contributed by atoms with Gasteiger partial charge in [-0.3, -0.25) is 0 Å². The molecule has 2 atom stereocenters. The lowest BCUT2D eigenvalue weighted by atomic mass is 10.1. The molecule has 0 aromatic carbocycles. The summed E-state index contributed by atoms with van der Waals surface area (Å²) in [6.45, 7) is 6.28. The van der Waals surface area contributed by atoms with Crippen molar-refractivity contribution in [2.45, 2.75) is 45.8 Å². The molecule has 1 aromatic heterocycles. The minimum absolute atomic E-state index is 0.0952. The van der Waals surface area contributed by atoms with Crippen LogP contribution < -0.4 is 5.32 Å². The van der Waals surface area contributed by atoms with Crippen molar-refractivity contribution >= 4 is 0 Å². The van der Waals surface area contributed by atoms with Gasteiger partial charge in [-0.1, -0.05) is 25.9 Å². The normalized spacial score (nSPS) is 15.2. The van der Waals surface area contributed by atoms with Gasteiger partial charge in [0.15, 0.2) is 0 Å². The number of nitrogens with zero attached hydrogens (tertiary/aromatic N) is 2. The van der Waals surface area contributed by atoms with Crippen molar-refractivity contribution in [2.75, 3.05) is 14.2 Å². The van der Waals surface area contributed by atoms with Gasteiger partial charge in [-0.2, -0.15) is 4.98 Å². The Morgan fingerprint density at radius 3 is 2.59 bits per heavy atom. The number of ether oxygens (including phenoxy) is 1. The van der Waals surface area contributed by atoms with Crippen LogP contribution in [0.25, 0.3) is 0 Å². The molecule has 0 saturated heterocycles. The lowest BCUT2D eigenvalue weighted by molar-refractivity contribution is 0.0555. The SMILES string of the molecule is CCC(Cc1nc(C(OC)C(C)C)no1)NC. The predicted octanol–water partition coefficient (Wildman–Crippen LogP) is 1.95. The predicted molar refractivity (Wildman–Crippen MR) is 65.7 cm³/mol. The third-order valence-electron chi connectivity index (χ3n) is 2.92. The average molecular weight is 241 g/mol. The van der Waals surface area contributed by atoms with Gasteiger partial charge in [0, 0.05) is 19.6 Å². The zero-order valence-corrected chi connectivity index (χ0v) is 11.4. The van der Waals surface area contributed by atoms with Crippen molar-refractivity contribution in [3.63, 3.8) is 0 Å². The van der Waals surface area contributed by atoms with Gasteiger partial charge in [-0.15, -0.1) is 0 Å². The van der Waals surface area contributed by atoms with Crippen molar-refractivity contribution in [1.29, 1.82) is 0 Å². The third-order valence-corrected chi connectivity index (χ3v) is 2.92. The highest BCUT2D eigenvalue weighted by molar-refractivity contribution is 4.94. The molecule has 0 aliphatic carbocycles. The molecule has 5 nitrogen and oxygen atoms in total. The van der Waals surface area contributed by atoms with Gasteiger partial charge in [0.1, 0.15) is 6.10 Å². The van der Waals surface area contributed by atoms with Crippen LogP contribution in [0.15, 0.2) is 4.52 Å². The van der Waals surface area contributed by atoms with E-state index in [4.69, 9.17) is 9.26 Å². The van der Waals surface area contributed by atoms with Crippen LogP contribution in [-0.2, 0) is 11.2 Å². The molecular formula is C12H23N3O2. The first-order chi connectivity index (χ1) is 8.12. The van der Waals surface area contributed by atoms with E-state index in [1.54, 1.807) is 7.11 Å². The Kier molecular flexibility index (Phi) is 5.58. The summed E-state index contributed by atoms with van der Waals surface area (Å²) in [5.74, 6) is 1.64. The molecule has 0 amide bonds. The maximum atomic E-state index is 5.37. The fraction of sp³-hybridized carbons (Fsp3) is 0.833. The van der Waals surface area contributed by atoms with Crippen LogP contribution in [-0.4, -0.2) is 30.3 Å². The number of hydrogen-bond donors (Lipinski definition) is 1. The van der Waals surface area contributed by atoms with Crippen molar-refractivity contribution in [1.82, 2.24) is 15.5 Å². The fourth-order valence-electron chi connectivity index (χ4n) is 1.80. The molecule has 1 heterocycles. The van der Waals surface area contributed by atoms with Gasteiger partial charge < -0.3 is 14.6 Å². The average Bonchev–Trinajstić information content (AvgIpc) is 2.74. The Hall–Kier alpha value is -0.940. The highest BCUT2D eigenvalue weighted by atomic mass is 16.5. The zero-order chi connectivity index (χ0) is 12.8. The maximum absolute atomic E-state index is 5.37. The lowest BCUT2D eigenvalue weighted by Gasteiger charge is -2.14. The number of hydrogen-bond acceptors (Lipinski definition) is 5. The quantitative estimate of drug-likeness (QED) is 0.790. The van der Waals surface area contributed by atoms with E-state index in [1.807, 2.05) is 7.05 Å². The highest BCUT2D eigenvalue weighted by Gasteiger charge is 2.21. The van der Waals surface area contributed by atoms with Crippen molar-refractivity contribution in [3.05, 3.63) is 11.7 Å². The van der Waals surface area contributed by atoms with Crippen LogP contribution in [0.1, 0.15) is 45.0 Å². The zero-order valence-electron chi connectivity index (χ0n) is 11.4. The maximum Gasteiger partial charge on any atom is 0.228 e. The largest absolute Gasteiger partial charge is 0.373 e. The van der Waals surface area contributed by atoms with Crippen LogP contribution >= 0.6 is 0 Å². The number of nitrogens with one attached hydrogen (secondary N) is 1. The number of rotatable bonds is 7. The lowest BCUT2D eigenvalue weighted by Crippen LogP contribution is -2.26. The summed E-state index contributed by atoms with van der Waals surface area (Å²) < 4.78 is 10.6. The van der Waals surface area contributed by atoms with E-state index >= 15 is 0 Å². The molecule has 1 rings (SSSR count). The molecule has 0 saturated carbocycles. The van der Waals surface area contributed by atoms with E-state index < -0.39 is 0 Å². The van der Waals surface area contributed by atoms with E-state index in [0.717, 1.165) is 12.8 Å². The van der Waals surface area contributed by atoms with E-state index in [2.05, 4.69) is 36.2 Å². The van der Waals surface area contributed by atoms with Gasteiger partial charge in [-0.25, -0.2) is 0 Å². The summed E-state index contributed by atoms with van der Waals surface area (Å²) in [5.41, 5.74) is 0. The van der Waals surface area contributed by atoms with Crippen LogP contribution in [0.4, 0.5) is 0 Å². The number of likely N-dealkylation sites (N-methyl/N-ethyl adjacent to an activating group) is 1. The summed E-state index contributed by atoms with van der Waals surface area (Å²) in [6, 6.07) is 0.378. The summed E-state index contributed by atoms with van der Waals surface area (Å²) in [4.78, 5) is 4.40. The second-order valence-corrected chi connectivity index (χ2v) is 4.54. The van der Waals surface area contributed by atoms with E-state index in [0.29, 0.717) is 23.7 Å². The van der Waals surface area contributed by atoms with Gasteiger partial charge in [0.25, 0.3) is 0 Å². The van der Waals surface area contributed by atoms with Crippen molar-refractivity contribution in [3.8, 4) is 0 Å². The van der Waals surface area contributed by atoms with Crippen LogP contribution in [0.5, 0.6) is 0 Å². The fourth-order valence-corrected chi connectivity index (χ4v) is 1.80. The van der Waals surface area contributed by atoms with E-state index in [1.165, 1.54) is 0 Å². The number of aromatic nitrogens is 2. The number of methoxy groups -OCH3 is 1. The van der Waals surface area contributed by atoms with Crippen molar-refractivity contribution < 1.29 is 9.26 Å². The molecule has 2 unspecified atom stereocenters. The molecule has 5 heteroatoms. The molecule has 0 radical (unpaired) electrons. The van der Waals surface area contributed by atoms with E-state index in [9.17, 15) is 0 Å². The Morgan fingerprint density at radius 2 is 2.12 bits per heavy atom. The summed E-state index contributed by atoms with van der Waals surface area (Å²) in [7, 11) is 3.61. The highest BCUT2D eigenvalue weighted by Crippen LogP contribution is 2.22. The first kappa shape index (κ1) is 14.1. The first-order valence-corrected chi connectivity index (χ1v) is 6.14. The monoisotopic (exact) mass is 241 g/mol. The first-order valence-electron chi connectivity index (χ1n) is 6.14. The minimum atomic E-state index is -0.0952. The Labute approximate surface area is 103 Å². The molecular weight excluding hydrogens is 218 g/mol. The Morgan fingerprint density at radius 1 is 1.41 bits per heavy atom. The molecule has 1 aromatic rings. The molecule has 0 aliphatic heterocycles. The second kappa shape index (κ2) is 6.71. The molecule has 0 fully saturated rings. The Balaban J connectivity index is 2.70. The third kappa shape index (κ3) is 3.78. The van der Waals surface area contributed by atoms with E-state index in [-0.39, 0.29) is 6.10 Å². The summed E-state index contributed by atoms with van der Waals surface area (Å²) >= 11 is 0. The van der Waals surface area contributed by atoms with Gasteiger partial charge in [0.2, 0.25) is 11.7 Å². The van der Waals surface area contributed by atoms with Crippen LogP contribution in [0.3, 0.4) is 0 Å². The van der Waals surface area contributed by atoms with Gasteiger partial charge >= 0.3 is 0 Å². The smallest absolute Gasteiger partial charge is 0.228 e. The van der Waals surface area contributed by atoms with Crippen LogP contribution in [0.2, 0.25) is 0 Å². The molecule has 98 valence electrons. The molecule has 0 spiro atoms. The summed E-state index contributed by atoms with van der Waals surface area (Å²) in [6.07, 6.45) is 1.70.